The van der Waals surface area contributed by atoms with Crippen molar-refractivity contribution >= 4 is 34.4 Å². The molecule has 0 saturated heterocycles. The van der Waals surface area contributed by atoms with E-state index in [0.717, 1.165) is 20.5 Å². The largest absolute Gasteiger partial charge is 0.477 e. The van der Waals surface area contributed by atoms with Crippen LogP contribution in [0, 0.1) is 6.92 Å². The second-order valence-electron chi connectivity index (χ2n) is 3.87. The van der Waals surface area contributed by atoms with E-state index in [0.29, 0.717) is 11.3 Å². The predicted molar refractivity (Wildman–Crippen MR) is 71.5 cm³/mol. The molecule has 2 aromatic rings. The number of nitrogens with zero attached hydrogens (tertiary/aromatic N) is 1. The molecule has 0 aliphatic carbocycles. The molecule has 2 rings (SSSR count). The third-order valence-electron chi connectivity index (χ3n) is 2.28. The third-order valence-corrected chi connectivity index (χ3v) is 4.69. The number of carboxylic acid groups (broad SMARTS) is 1. The lowest BCUT2D eigenvalue weighted by Gasteiger charge is -1.91. The molecule has 0 aliphatic heterocycles. The maximum absolute atomic E-state index is 11.1. The topological polar surface area (TPSA) is 67.3 Å². The number of hydrogen-bond acceptors (Lipinski definition) is 5. The number of rotatable bonds is 4. The number of thiazole rings is 1. The van der Waals surface area contributed by atoms with Crippen molar-refractivity contribution < 1.29 is 14.7 Å². The molecule has 0 amide bonds. The van der Waals surface area contributed by atoms with Crippen molar-refractivity contribution in [3.8, 4) is 9.75 Å². The van der Waals surface area contributed by atoms with Gasteiger partial charge in [-0.1, -0.05) is 0 Å². The Labute approximate surface area is 112 Å². The standard InChI is InChI=1S/C12H11NO3S2/c1-6(14)5-10-13-7(2)11(18-10)8-3-4-9(17-8)12(15)16/h3-4H,5H2,1-2H3,(H,15,16). The Morgan fingerprint density at radius 3 is 2.61 bits per heavy atom. The molecule has 0 spiro atoms. The van der Waals surface area contributed by atoms with E-state index in [-0.39, 0.29) is 5.78 Å². The van der Waals surface area contributed by atoms with Crippen molar-refractivity contribution in [3.05, 3.63) is 27.7 Å². The Balaban J connectivity index is 2.34. The summed E-state index contributed by atoms with van der Waals surface area (Å²) in [6.07, 6.45) is 0.336. The quantitative estimate of drug-likeness (QED) is 0.935. The molecule has 0 radical (unpaired) electrons. The summed E-state index contributed by atoms with van der Waals surface area (Å²) in [5, 5.41) is 9.67. The van der Waals surface area contributed by atoms with Gasteiger partial charge in [0.15, 0.2) is 0 Å². The Kier molecular flexibility index (Phi) is 3.58. The molecule has 6 heteroatoms. The number of aromatic nitrogens is 1. The first-order valence-corrected chi connectivity index (χ1v) is 6.90. The Hall–Kier alpha value is -1.53. The number of carboxylic acids is 1. The van der Waals surface area contributed by atoms with Gasteiger partial charge in [-0.2, -0.15) is 0 Å². The van der Waals surface area contributed by atoms with E-state index in [4.69, 9.17) is 5.11 Å². The Bertz CT molecular complexity index is 613. The molecule has 4 nitrogen and oxygen atoms in total. The molecule has 2 aromatic heterocycles. The van der Waals surface area contributed by atoms with Gasteiger partial charge in [0, 0.05) is 4.88 Å². The monoisotopic (exact) mass is 281 g/mol. The van der Waals surface area contributed by atoms with E-state index < -0.39 is 5.97 Å². The van der Waals surface area contributed by atoms with Crippen molar-refractivity contribution in [2.45, 2.75) is 20.3 Å². The van der Waals surface area contributed by atoms with Crippen molar-refractivity contribution in [2.24, 2.45) is 0 Å². The molecular formula is C12H11NO3S2. The molecule has 18 heavy (non-hydrogen) atoms. The van der Waals surface area contributed by atoms with Gasteiger partial charge in [0.05, 0.1) is 17.0 Å². The van der Waals surface area contributed by atoms with Gasteiger partial charge in [-0.25, -0.2) is 9.78 Å². The number of carbonyl (C=O) groups excluding carboxylic acids is 1. The smallest absolute Gasteiger partial charge is 0.345 e. The first-order chi connectivity index (χ1) is 8.47. The van der Waals surface area contributed by atoms with Gasteiger partial charge in [-0.3, -0.25) is 4.79 Å². The van der Waals surface area contributed by atoms with Crippen LogP contribution in [0.4, 0.5) is 0 Å². The minimum atomic E-state index is -0.919. The van der Waals surface area contributed by atoms with Gasteiger partial charge < -0.3 is 5.11 Å². The molecular weight excluding hydrogens is 270 g/mol. The zero-order valence-electron chi connectivity index (χ0n) is 9.89. The van der Waals surface area contributed by atoms with Crippen LogP contribution in [0.5, 0.6) is 0 Å². The van der Waals surface area contributed by atoms with Gasteiger partial charge in [-0.15, -0.1) is 22.7 Å². The summed E-state index contributed by atoms with van der Waals surface area (Å²) >= 11 is 2.68. The van der Waals surface area contributed by atoms with Crippen molar-refractivity contribution in [3.63, 3.8) is 0 Å². The van der Waals surface area contributed by atoms with Gasteiger partial charge in [-0.05, 0) is 26.0 Å². The first-order valence-electron chi connectivity index (χ1n) is 5.26. The average Bonchev–Trinajstić information content (AvgIpc) is 2.83. The highest BCUT2D eigenvalue weighted by molar-refractivity contribution is 7.23. The number of aryl methyl sites for hydroxylation is 1. The fraction of sp³-hybridized carbons (Fsp3) is 0.250. The summed E-state index contributed by atoms with van der Waals surface area (Å²) in [4.78, 5) is 28.4. The van der Waals surface area contributed by atoms with Crippen molar-refractivity contribution in [1.82, 2.24) is 4.98 Å². The number of Topliss-reactive ketones (excluding diaryl/α,β-unsaturated/α-hetero) is 1. The minimum Gasteiger partial charge on any atom is -0.477 e. The maximum Gasteiger partial charge on any atom is 0.345 e. The van der Waals surface area contributed by atoms with E-state index in [2.05, 4.69) is 4.98 Å². The van der Waals surface area contributed by atoms with Crippen LogP contribution < -0.4 is 0 Å². The van der Waals surface area contributed by atoms with Gasteiger partial charge in [0.1, 0.15) is 15.7 Å². The van der Waals surface area contributed by atoms with Crippen LogP contribution in [-0.4, -0.2) is 21.8 Å². The van der Waals surface area contributed by atoms with Crippen molar-refractivity contribution in [2.75, 3.05) is 0 Å². The lowest BCUT2D eigenvalue weighted by atomic mass is 10.3. The molecule has 1 N–H and O–H groups in total. The Morgan fingerprint density at radius 2 is 2.06 bits per heavy atom. The van der Waals surface area contributed by atoms with Crippen LogP contribution in [0.3, 0.4) is 0 Å². The molecule has 0 fully saturated rings. The highest BCUT2D eigenvalue weighted by atomic mass is 32.1. The van der Waals surface area contributed by atoms with Gasteiger partial charge in [0.2, 0.25) is 0 Å². The predicted octanol–water partition coefficient (Wildman–Crippen LogP) is 3.01. The van der Waals surface area contributed by atoms with Crippen LogP contribution in [0.15, 0.2) is 12.1 Å². The number of thiophene rings is 1. The van der Waals surface area contributed by atoms with Gasteiger partial charge in [0.25, 0.3) is 0 Å². The van der Waals surface area contributed by atoms with E-state index in [9.17, 15) is 9.59 Å². The molecule has 0 aliphatic rings. The molecule has 0 aromatic carbocycles. The normalized spacial score (nSPS) is 10.6. The molecule has 0 unspecified atom stereocenters. The van der Waals surface area contributed by atoms with Crippen molar-refractivity contribution in [1.29, 1.82) is 0 Å². The molecule has 0 saturated carbocycles. The molecule has 0 atom stereocenters. The summed E-state index contributed by atoms with van der Waals surface area (Å²) in [5.41, 5.74) is 0.843. The summed E-state index contributed by atoms with van der Waals surface area (Å²) in [7, 11) is 0. The number of aromatic carboxylic acids is 1. The van der Waals surface area contributed by atoms with E-state index >= 15 is 0 Å². The van der Waals surface area contributed by atoms with Crippen LogP contribution >= 0.6 is 22.7 Å². The number of ketones is 1. The van der Waals surface area contributed by atoms with Crippen LogP contribution in [-0.2, 0) is 11.2 Å². The highest BCUT2D eigenvalue weighted by Gasteiger charge is 2.14. The van der Waals surface area contributed by atoms with Crippen LogP contribution in [0.1, 0.15) is 27.3 Å². The van der Waals surface area contributed by atoms with Crippen LogP contribution in [0.25, 0.3) is 9.75 Å². The second-order valence-corrected chi connectivity index (χ2v) is 6.04. The van der Waals surface area contributed by atoms with E-state index in [1.165, 1.54) is 29.6 Å². The summed E-state index contributed by atoms with van der Waals surface area (Å²) in [6, 6.07) is 3.37. The summed E-state index contributed by atoms with van der Waals surface area (Å²) < 4.78 is 0. The lowest BCUT2D eigenvalue weighted by molar-refractivity contribution is -0.116. The third kappa shape index (κ3) is 2.65. The fourth-order valence-electron chi connectivity index (χ4n) is 1.54. The first kappa shape index (κ1) is 12.9. The summed E-state index contributed by atoms with van der Waals surface area (Å²) in [5.74, 6) is -0.843. The number of carbonyl (C=O) groups is 2. The van der Waals surface area contributed by atoms with Gasteiger partial charge >= 0.3 is 5.97 Å². The molecule has 2 heterocycles. The maximum atomic E-state index is 11.1. The minimum absolute atomic E-state index is 0.0766. The summed E-state index contributed by atoms with van der Waals surface area (Å²) in [6.45, 7) is 3.40. The van der Waals surface area contributed by atoms with E-state index in [1.54, 1.807) is 12.1 Å². The SMILES string of the molecule is CC(=O)Cc1nc(C)c(-c2ccc(C(=O)O)s2)s1. The van der Waals surface area contributed by atoms with E-state index in [1.807, 2.05) is 6.92 Å². The van der Waals surface area contributed by atoms with Crippen LogP contribution in [0.2, 0.25) is 0 Å². The average molecular weight is 281 g/mol. The molecule has 0 bridgehead atoms. The zero-order valence-corrected chi connectivity index (χ0v) is 11.5. The fourth-order valence-corrected chi connectivity index (χ4v) is 3.69. The number of hydrogen-bond donors (Lipinski definition) is 1. The highest BCUT2D eigenvalue weighted by Crippen LogP contribution is 2.35. The second kappa shape index (κ2) is 4.99. The zero-order chi connectivity index (χ0) is 13.3. The molecule has 94 valence electrons. The lowest BCUT2D eigenvalue weighted by Crippen LogP contribution is -1.94. The Morgan fingerprint density at radius 1 is 1.33 bits per heavy atom.